The summed E-state index contributed by atoms with van der Waals surface area (Å²) in [4.78, 5) is 42.3. The van der Waals surface area contributed by atoms with Crippen LogP contribution in [0.25, 0.3) is 48.7 Å². The molecule has 0 bridgehead atoms. The first-order valence-corrected chi connectivity index (χ1v) is 14.4. The lowest BCUT2D eigenvalue weighted by Crippen LogP contribution is -2.18. The second-order valence-electron chi connectivity index (χ2n) is 10.6. The highest BCUT2D eigenvalue weighted by atomic mass is 32.2. The van der Waals surface area contributed by atoms with E-state index in [-0.39, 0.29) is 46.0 Å². The van der Waals surface area contributed by atoms with Crippen molar-refractivity contribution in [3.63, 3.8) is 0 Å². The van der Waals surface area contributed by atoms with Gasteiger partial charge >= 0.3 is 0 Å². The van der Waals surface area contributed by atoms with Gasteiger partial charge in [0, 0.05) is 62.0 Å². The van der Waals surface area contributed by atoms with Crippen LogP contribution in [0.4, 0.5) is 5.69 Å². The molecule has 0 fully saturated rings. The monoisotopic (exact) mass is 585 g/mol. The summed E-state index contributed by atoms with van der Waals surface area (Å²) in [7, 11) is 5.90. The number of phenolic OH excluding ortho intramolecular Hbond substituents is 1. The van der Waals surface area contributed by atoms with Gasteiger partial charge in [-0.3, -0.25) is 14.4 Å². The number of anilines is 1. The maximum absolute atomic E-state index is 14.5. The molecule has 0 atom stereocenters. The largest absolute Gasteiger partial charge is 0.504 e. The number of rotatable bonds is 5. The summed E-state index contributed by atoms with van der Waals surface area (Å²) in [6.07, 6.45) is 0.223. The van der Waals surface area contributed by atoms with E-state index in [0.717, 1.165) is 10.6 Å². The Balaban J connectivity index is 2.03. The predicted octanol–water partition coefficient (Wildman–Crippen LogP) is 5.07. The number of fused-ring (bicyclic) bond motifs is 3. The van der Waals surface area contributed by atoms with Crippen molar-refractivity contribution in [3.8, 4) is 28.7 Å². The van der Waals surface area contributed by atoms with Crippen molar-refractivity contribution in [1.82, 2.24) is 0 Å². The maximum Gasteiger partial charge on any atom is 0.230 e. The molecule has 9 nitrogen and oxygen atoms in total. The quantitative estimate of drug-likeness (QED) is 0.214. The lowest BCUT2D eigenvalue weighted by Gasteiger charge is -2.28. The van der Waals surface area contributed by atoms with E-state index in [4.69, 9.17) is 18.9 Å². The van der Waals surface area contributed by atoms with E-state index in [1.54, 1.807) is 18.9 Å². The highest BCUT2D eigenvalue weighted by molar-refractivity contribution is 7.99. The van der Waals surface area contributed by atoms with Gasteiger partial charge < -0.3 is 29.4 Å². The molecule has 2 N–H and O–H groups in total. The van der Waals surface area contributed by atoms with E-state index < -0.39 is 5.43 Å². The number of aromatic hydroxyl groups is 1. The number of benzene rings is 5. The number of carbonyl (C=O) groups is 1. The van der Waals surface area contributed by atoms with E-state index in [9.17, 15) is 19.5 Å². The van der Waals surface area contributed by atoms with E-state index in [1.165, 1.54) is 34.3 Å². The summed E-state index contributed by atoms with van der Waals surface area (Å²) in [5, 5.41) is 18.7. The third kappa shape index (κ3) is 3.02. The Kier molecular flexibility index (Phi) is 5.69. The van der Waals surface area contributed by atoms with Crippen LogP contribution >= 0.6 is 11.8 Å². The molecule has 214 valence electrons. The SMILES string of the molecule is COc1c(O)c2c(=O)cc(OC)c3c4c(OC)c5c(c6c(=O)c(OC)c7c(c(c1CC(C)=C7C(C)=O)c23)c64)NCCS5. The average Bonchev–Trinajstić information content (AvgIpc) is 3.10. The van der Waals surface area contributed by atoms with Crippen LogP contribution < -0.4 is 35.1 Å². The molecule has 7 rings (SSSR count). The van der Waals surface area contributed by atoms with Gasteiger partial charge in [0.2, 0.25) is 5.43 Å². The lowest BCUT2D eigenvalue weighted by molar-refractivity contribution is -0.111. The number of allylic oxidation sites excluding steroid dienone is 2. The number of nitrogens with one attached hydrogen (secondary N) is 1. The molecule has 0 spiro atoms. The summed E-state index contributed by atoms with van der Waals surface area (Å²) < 4.78 is 23.5. The van der Waals surface area contributed by atoms with Gasteiger partial charge in [0.25, 0.3) is 0 Å². The Morgan fingerprint density at radius 1 is 0.857 bits per heavy atom. The molecular formula is C32H27NO8S. The molecule has 2 aliphatic rings. The lowest BCUT2D eigenvalue weighted by atomic mass is 9.82. The second-order valence-corrected chi connectivity index (χ2v) is 11.7. The molecule has 0 radical (unpaired) electrons. The summed E-state index contributed by atoms with van der Waals surface area (Å²) in [6.45, 7) is 3.91. The first-order valence-electron chi connectivity index (χ1n) is 13.4. The Morgan fingerprint density at radius 2 is 1.55 bits per heavy atom. The minimum Gasteiger partial charge on any atom is -0.504 e. The normalized spacial score (nSPS) is 14.5. The number of hydrogen-bond acceptors (Lipinski definition) is 10. The van der Waals surface area contributed by atoms with E-state index in [2.05, 4.69) is 5.32 Å². The Hall–Kier alpha value is -4.44. The topological polar surface area (TPSA) is 120 Å². The molecule has 5 aromatic carbocycles. The van der Waals surface area contributed by atoms with E-state index in [0.29, 0.717) is 78.0 Å². The van der Waals surface area contributed by atoms with Crippen molar-refractivity contribution >= 4 is 71.9 Å². The van der Waals surface area contributed by atoms with Gasteiger partial charge in [-0.1, -0.05) is 5.57 Å². The van der Waals surface area contributed by atoms with Crippen LogP contribution in [0.2, 0.25) is 0 Å². The molecule has 1 aliphatic heterocycles. The number of carbonyl (C=O) groups excluding carboxylic acids is 1. The van der Waals surface area contributed by atoms with Crippen LogP contribution in [0, 0.1) is 0 Å². The fourth-order valence-corrected chi connectivity index (χ4v) is 8.20. The molecule has 0 saturated carbocycles. The molecule has 0 unspecified atom stereocenters. The number of methoxy groups -OCH3 is 4. The van der Waals surface area contributed by atoms with Gasteiger partial charge in [-0.25, -0.2) is 0 Å². The van der Waals surface area contributed by atoms with Gasteiger partial charge in [-0.2, -0.15) is 0 Å². The number of Topliss-reactive ketones (excluding diaryl/α,β-unsaturated/α-hetero) is 1. The summed E-state index contributed by atoms with van der Waals surface area (Å²) in [6, 6.07) is 1.34. The molecule has 0 saturated heterocycles. The highest BCUT2D eigenvalue weighted by Gasteiger charge is 2.37. The molecule has 0 amide bonds. The van der Waals surface area contributed by atoms with Gasteiger partial charge in [0.05, 0.1) is 49.8 Å². The molecule has 1 aliphatic carbocycles. The molecule has 10 heteroatoms. The average molecular weight is 586 g/mol. The third-order valence-corrected chi connectivity index (χ3v) is 9.64. The maximum atomic E-state index is 14.5. The minimum atomic E-state index is -0.452. The predicted molar refractivity (Wildman–Crippen MR) is 165 cm³/mol. The zero-order valence-corrected chi connectivity index (χ0v) is 24.7. The van der Waals surface area contributed by atoms with Crippen molar-refractivity contribution in [3.05, 3.63) is 43.2 Å². The van der Waals surface area contributed by atoms with Crippen molar-refractivity contribution in [2.24, 2.45) is 0 Å². The smallest absolute Gasteiger partial charge is 0.230 e. The number of phenols is 1. The third-order valence-electron chi connectivity index (χ3n) is 8.56. The molecular weight excluding hydrogens is 558 g/mol. The fourth-order valence-electron chi connectivity index (χ4n) is 7.16. The number of ketones is 1. The second kappa shape index (κ2) is 9.03. The number of ether oxygens (including phenoxy) is 4. The summed E-state index contributed by atoms with van der Waals surface area (Å²) >= 11 is 1.56. The van der Waals surface area contributed by atoms with Crippen LogP contribution in [-0.2, 0) is 11.2 Å². The number of thioether (sulfide) groups is 1. The van der Waals surface area contributed by atoms with Gasteiger partial charge in [-0.15, -0.1) is 11.8 Å². The van der Waals surface area contributed by atoms with Crippen LogP contribution in [0.15, 0.2) is 26.1 Å². The van der Waals surface area contributed by atoms with E-state index >= 15 is 0 Å². The molecule has 0 aromatic heterocycles. The summed E-state index contributed by atoms with van der Waals surface area (Å²) in [5.41, 5.74) is 1.80. The van der Waals surface area contributed by atoms with Crippen molar-refractivity contribution in [1.29, 1.82) is 0 Å². The zero-order chi connectivity index (χ0) is 29.8. The number of hydrogen-bond donors (Lipinski definition) is 2. The van der Waals surface area contributed by atoms with Crippen molar-refractivity contribution < 1.29 is 28.8 Å². The standard InChI is InChI=1S/C32H27NO8S/c1-11-9-13-17-20-18(27(36)29(13)39-4)14(35)10-15(38-3)19(20)24-22-21(17)23(16(11)12(2)34)30(40-5)28(37)25(22)26-32(31(24)41-6)42-8-7-33-26/h10,33,36H,7-9H2,1-6H3. The molecule has 5 aromatic rings. The first-order chi connectivity index (χ1) is 20.2. The molecule has 1 heterocycles. The molecule has 42 heavy (non-hydrogen) atoms. The fraction of sp³-hybridized carbons (Fsp3) is 0.281. The van der Waals surface area contributed by atoms with Crippen molar-refractivity contribution in [2.75, 3.05) is 46.1 Å². The zero-order valence-electron chi connectivity index (χ0n) is 23.9. The van der Waals surface area contributed by atoms with Crippen LogP contribution in [0.3, 0.4) is 0 Å². The van der Waals surface area contributed by atoms with Crippen LogP contribution in [0.5, 0.6) is 28.7 Å². The minimum absolute atomic E-state index is 0.0412. The van der Waals surface area contributed by atoms with Gasteiger partial charge in [-0.05, 0) is 25.7 Å². The Bertz CT molecular complexity index is 2200. The van der Waals surface area contributed by atoms with Crippen molar-refractivity contribution in [2.45, 2.75) is 25.2 Å². The van der Waals surface area contributed by atoms with E-state index in [1.807, 2.05) is 6.92 Å². The summed E-state index contributed by atoms with van der Waals surface area (Å²) in [5.74, 6) is 1.18. The van der Waals surface area contributed by atoms with Crippen LogP contribution in [0.1, 0.15) is 25.0 Å². The highest BCUT2D eigenvalue weighted by Crippen LogP contribution is 2.58. The van der Waals surface area contributed by atoms with Gasteiger partial charge in [0.1, 0.15) is 11.5 Å². The first kappa shape index (κ1) is 26.5. The van der Waals surface area contributed by atoms with Gasteiger partial charge in [0.15, 0.2) is 28.5 Å². The Morgan fingerprint density at radius 3 is 2.19 bits per heavy atom. The van der Waals surface area contributed by atoms with Crippen LogP contribution in [-0.4, -0.2) is 51.6 Å². The Labute approximate surface area is 243 Å².